The van der Waals surface area contributed by atoms with Gasteiger partial charge in [0.25, 0.3) is 0 Å². The molecule has 0 aromatic rings. The van der Waals surface area contributed by atoms with E-state index in [-0.39, 0.29) is 5.75 Å². The summed E-state index contributed by atoms with van der Waals surface area (Å²) in [6.07, 6.45) is 2.90. The average Bonchev–Trinajstić information content (AvgIpc) is 2.37. The smallest absolute Gasteiger partial charge is 0.213 e. The minimum absolute atomic E-state index is 0.253. The molecule has 0 saturated carbocycles. The molecule has 0 aliphatic carbocycles. The summed E-state index contributed by atoms with van der Waals surface area (Å²) < 4.78 is 25.8. The zero-order chi connectivity index (χ0) is 14.3. The molecule has 0 atom stereocenters. The Labute approximate surface area is 118 Å². The Morgan fingerprint density at radius 2 is 1.95 bits per heavy atom. The first-order chi connectivity index (χ1) is 8.95. The van der Waals surface area contributed by atoms with E-state index in [1.807, 2.05) is 6.92 Å². The van der Waals surface area contributed by atoms with Gasteiger partial charge in [0, 0.05) is 13.6 Å². The predicted octanol–water partition coefficient (Wildman–Crippen LogP) is 0.589. The van der Waals surface area contributed by atoms with Gasteiger partial charge in [0.2, 0.25) is 10.0 Å². The molecule has 0 aromatic carbocycles. The molecule has 0 radical (unpaired) electrons. The van der Waals surface area contributed by atoms with Crippen LogP contribution in [0.1, 0.15) is 26.2 Å². The van der Waals surface area contributed by atoms with E-state index in [2.05, 4.69) is 17.3 Å². The number of likely N-dealkylation sites (tertiary alicyclic amines) is 1. The van der Waals surface area contributed by atoms with Gasteiger partial charge in [0.1, 0.15) is 0 Å². The normalized spacial score (nSPS) is 19.2. The van der Waals surface area contributed by atoms with E-state index in [0.717, 1.165) is 39.0 Å². The van der Waals surface area contributed by atoms with Crippen molar-refractivity contribution in [3.05, 3.63) is 0 Å². The summed E-state index contributed by atoms with van der Waals surface area (Å²) in [7, 11) is 0.772. The molecule has 1 aliphatic rings. The van der Waals surface area contributed by atoms with E-state index in [4.69, 9.17) is 0 Å². The third-order valence-electron chi connectivity index (χ3n) is 3.83. The SMILES string of the molecule is CCNCCCS(=O)(=O)N(C)CC1CCN(C)CC1. The number of nitrogens with one attached hydrogen (secondary N) is 1. The van der Waals surface area contributed by atoms with Crippen LogP contribution in [0, 0.1) is 5.92 Å². The van der Waals surface area contributed by atoms with Gasteiger partial charge in [0.15, 0.2) is 0 Å². The standard InChI is InChI=1S/C13H29N3O2S/c1-4-14-8-5-11-19(17,18)16(3)12-13-6-9-15(2)10-7-13/h13-14H,4-12H2,1-3H3. The second-order valence-electron chi connectivity index (χ2n) is 5.55. The number of rotatable bonds is 8. The van der Waals surface area contributed by atoms with Gasteiger partial charge in [-0.25, -0.2) is 12.7 Å². The predicted molar refractivity (Wildman–Crippen MR) is 79.8 cm³/mol. The minimum Gasteiger partial charge on any atom is -0.317 e. The molecule has 5 nitrogen and oxygen atoms in total. The molecule has 19 heavy (non-hydrogen) atoms. The molecule has 0 spiro atoms. The van der Waals surface area contributed by atoms with Gasteiger partial charge in [-0.1, -0.05) is 6.92 Å². The Balaban J connectivity index is 2.32. The Kier molecular flexibility index (Phi) is 7.28. The Morgan fingerprint density at radius 3 is 2.53 bits per heavy atom. The van der Waals surface area contributed by atoms with Crippen LogP contribution in [0.4, 0.5) is 0 Å². The molecule has 0 bridgehead atoms. The fraction of sp³-hybridized carbons (Fsp3) is 1.00. The van der Waals surface area contributed by atoms with Crippen LogP contribution in [-0.2, 0) is 10.0 Å². The first-order valence-corrected chi connectivity index (χ1v) is 8.90. The van der Waals surface area contributed by atoms with Crippen LogP contribution >= 0.6 is 0 Å². The second-order valence-corrected chi connectivity index (χ2v) is 7.75. The maximum atomic E-state index is 12.1. The summed E-state index contributed by atoms with van der Waals surface area (Å²) >= 11 is 0. The number of nitrogens with zero attached hydrogens (tertiary/aromatic N) is 2. The van der Waals surface area contributed by atoms with Gasteiger partial charge in [0.05, 0.1) is 5.75 Å². The van der Waals surface area contributed by atoms with E-state index in [1.165, 1.54) is 0 Å². The van der Waals surface area contributed by atoms with Gasteiger partial charge >= 0.3 is 0 Å². The van der Waals surface area contributed by atoms with Crippen molar-refractivity contribution in [2.45, 2.75) is 26.2 Å². The minimum atomic E-state index is -3.07. The quantitative estimate of drug-likeness (QED) is 0.665. The maximum Gasteiger partial charge on any atom is 0.213 e. The molecule has 114 valence electrons. The number of sulfonamides is 1. The zero-order valence-corrected chi connectivity index (χ0v) is 13.4. The molecule has 1 saturated heterocycles. The van der Waals surface area contributed by atoms with Crippen LogP contribution in [0.25, 0.3) is 0 Å². The van der Waals surface area contributed by atoms with Crippen LogP contribution in [0.15, 0.2) is 0 Å². The van der Waals surface area contributed by atoms with Gasteiger partial charge in [-0.05, 0) is 58.4 Å². The van der Waals surface area contributed by atoms with Crippen LogP contribution in [0.2, 0.25) is 0 Å². The van der Waals surface area contributed by atoms with E-state index < -0.39 is 10.0 Å². The van der Waals surface area contributed by atoms with Crippen LogP contribution in [0.3, 0.4) is 0 Å². The summed E-state index contributed by atoms with van der Waals surface area (Å²) in [6.45, 7) is 6.54. The summed E-state index contributed by atoms with van der Waals surface area (Å²) in [6, 6.07) is 0. The van der Waals surface area contributed by atoms with Gasteiger partial charge < -0.3 is 10.2 Å². The van der Waals surface area contributed by atoms with Crippen molar-refractivity contribution >= 4 is 10.0 Å². The highest BCUT2D eigenvalue weighted by atomic mass is 32.2. The van der Waals surface area contributed by atoms with Crippen molar-refractivity contribution in [3.8, 4) is 0 Å². The number of piperidine rings is 1. The monoisotopic (exact) mass is 291 g/mol. The van der Waals surface area contributed by atoms with Crippen LogP contribution in [-0.4, -0.2) is 70.2 Å². The van der Waals surface area contributed by atoms with Crippen molar-refractivity contribution in [1.82, 2.24) is 14.5 Å². The molecule has 1 rings (SSSR count). The molecule has 1 heterocycles. The number of hydrogen-bond donors (Lipinski definition) is 1. The van der Waals surface area contributed by atoms with Crippen molar-refractivity contribution in [2.75, 3.05) is 52.6 Å². The first kappa shape index (κ1) is 16.9. The highest BCUT2D eigenvalue weighted by molar-refractivity contribution is 7.89. The fourth-order valence-electron chi connectivity index (χ4n) is 2.43. The highest BCUT2D eigenvalue weighted by Gasteiger charge is 2.23. The summed E-state index contributed by atoms with van der Waals surface area (Å²) in [4.78, 5) is 2.31. The third kappa shape index (κ3) is 6.21. The molecule has 0 amide bonds. The van der Waals surface area contributed by atoms with Gasteiger partial charge in [-0.15, -0.1) is 0 Å². The fourth-order valence-corrected chi connectivity index (χ4v) is 3.69. The molecule has 1 N–H and O–H groups in total. The molecule has 1 aliphatic heterocycles. The molecule has 6 heteroatoms. The lowest BCUT2D eigenvalue weighted by atomic mass is 9.97. The third-order valence-corrected chi connectivity index (χ3v) is 5.74. The average molecular weight is 291 g/mol. The molecular weight excluding hydrogens is 262 g/mol. The van der Waals surface area contributed by atoms with Crippen molar-refractivity contribution < 1.29 is 8.42 Å². The number of hydrogen-bond acceptors (Lipinski definition) is 4. The van der Waals surface area contributed by atoms with Crippen molar-refractivity contribution in [2.24, 2.45) is 5.92 Å². The maximum absolute atomic E-state index is 12.1. The van der Waals surface area contributed by atoms with Gasteiger partial charge in [-0.2, -0.15) is 0 Å². The van der Waals surface area contributed by atoms with E-state index in [0.29, 0.717) is 18.9 Å². The molecule has 1 fully saturated rings. The summed E-state index contributed by atoms with van der Waals surface area (Å²) in [5, 5.41) is 3.16. The second kappa shape index (κ2) is 8.19. The van der Waals surface area contributed by atoms with E-state index in [1.54, 1.807) is 11.4 Å². The lowest BCUT2D eigenvalue weighted by Gasteiger charge is -2.31. The Morgan fingerprint density at radius 1 is 1.32 bits per heavy atom. The Hall–Kier alpha value is -0.170. The van der Waals surface area contributed by atoms with Crippen LogP contribution in [0.5, 0.6) is 0 Å². The highest BCUT2D eigenvalue weighted by Crippen LogP contribution is 2.18. The topological polar surface area (TPSA) is 52.7 Å². The molecule has 0 unspecified atom stereocenters. The van der Waals surface area contributed by atoms with E-state index >= 15 is 0 Å². The summed E-state index contributed by atoms with van der Waals surface area (Å²) in [5.74, 6) is 0.771. The van der Waals surface area contributed by atoms with Crippen LogP contribution < -0.4 is 5.32 Å². The lowest BCUT2D eigenvalue weighted by Crippen LogP contribution is -2.39. The van der Waals surface area contributed by atoms with Gasteiger partial charge in [-0.3, -0.25) is 0 Å². The van der Waals surface area contributed by atoms with Crippen molar-refractivity contribution in [1.29, 1.82) is 0 Å². The first-order valence-electron chi connectivity index (χ1n) is 7.29. The molecule has 0 aromatic heterocycles. The Bertz CT molecular complexity index is 338. The zero-order valence-electron chi connectivity index (χ0n) is 12.6. The largest absolute Gasteiger partial charge is 0.317 e. The molecular formula is C13H29N3O2S. The summed E-state index contributed by atoms with van der Waals surface area (Å²) in [5.41, 5.74) is 0. The van der Waals surface area contributed by atoms with Crippen molar-refractivity contribution in [3.63, 3.8) is 0 Å². The van der Waals surface area contributed by atoms with E-state index in [9.17, 15) is 8.42 Å². The lowest BCUT2D eigenvalue weighted by molar-refractivity contribution is 0.202.